The van der Waals surface area contributed by atoms with Crippen molar-refractivity contribution in [3.8, 4) is 0 Å². The van der Waals surface area contributed by atoms with Crippen LogP contribution in [0.5, 0.6) is 0 Å². The first-order chi connectivity index (χ1) is 0. The fraction of sp³-hybridized carbons (Fsp3) is 0. The normalized spacial score (nSPS) is 0. The van der Waals surface area contributed by atoms with Crippen molar-refractivity contribution in [2.24, 2.45) is 0 Å². The smallest absolute Gasteiger partial charge is 1.00 e. The van der Waals surface area contributed by atoms with E-state index in [0.717, 1.165) is 0 Å². The van der Waals surface area contributed by atoms with Gasteiger partial charge >= 0.3 is 52.6 Å². The van der Waals surface area contributed by atoms with Crippen LogP contribution in [0.1, 0.15) is 0 Å². The largest absolute Gasteiger partial charge is 2.00 e. The Morgan fingerprint density at radius 1 is 0.400 bits per heavy atom. The second kappa shape index (κ2) is 256. The summed E-state index contributed by atoms with van der Waals surface area (Å²) < 4.78 is 0. The summed E-state index contributed by atoms with van der Waals surface area (Å²) in [6.45, 7) is 0. The number of hydrogen-bond donors (Lipinski definition) is 0. The Labute approximate surface area is 109 Å². The van der Waals surface area contributed by atoms with E-state index in [1.807, 2.05) is 0 Å². The minimum atomic E-state index is 0. The fourth-order valence-electron chi connectivity index (χ4n) is 0. The van der Waals surface area contributed by atoms with Crippen LogP contribution in [-0.4, -0.2) is 55.9 Å². The van der Waals surface area contributed by atoms with Gasteiger partial charge in [-0.15, -0.1) is 0 Å². The van der Waals surface area contributed by atoms with Crippen LogP contribution in [-0.2, 0) is 0 Å². The van der Waals surface area contributed by atoms with Crippen molar-refractivity contribution in [3.05, 3.63) is 0 Å². The van der Waals surface area contributed by atoms with Crippen LogP contribution in [0.4, 0.5) is 0 Å². The molecule has 0 heterocycles. The van der Waals surface area contributed by atoms with Gasteiger partial charge in [-0.25, -0.2) is 0 Å². The number of halogens is 2. The Balaban J connectivity index is 0. The Hall–Kier alpha value is 2.11. The molecular formula is H12Cl2MgNaO6+. The van der Waals surface area contributed by atoms with Crippen LogP contribution < -0.4 is 54.4 Å². The molecule has 0 fully saturated rings. The summed E-state index contributed by atoms with van der Waals surface area (Å²) in [4.78, 5) is 0. The summed E-state index contributed by atoms with van der Waals surface area (Å²) in [5.41, 5.74) is 0. The predicted molar refractivity (Wildman–Crippen MR) is 27.4 cm³/mol. The first-order valence-electron chi connectivity index (χ1n) is 0. The molecule has 0 bridgehead atoms. The molecule has 0 aromatic carbocycles. The quantitative estimate of drug-likeness (QED) is 0.355. The third-order valence-electron chi connectivity index (χ3n) is 0. The van der Waals surface area contributed by atoms with E-state index in [9.17, 15) is 0 Å². The summed E-state index contributed by atoms with van der Waals surface area (Å²) in [6, 6.07) is 0. The molecule has 0 saturated carbocycles. The van der Waals surface area contributed by atoms with Crippen LogP contribution in [0, 0.1) is 0 Å². The van der Waals surface area contributed by atoms with Gasteiger partial charge in [-0.1, -0.05) is 0 Å². The third-order valence-corrected chi connectivity index (χ3v) is 0. The molecule has 0 aliphatic carbocycles. The topological polar surface area (TPSA) is 189 Å². The van der Waals surface area contributed by atoms with E-state index in [-0.39, 0.29) is 110 Å². The fourth-order valence-corrected chi connectivity index (χ4v) is 0. The number of hydrogen-bond acceptors (Lipinski definition) is 0. The van der Waals surface area contributed by atoms with Crippen LogP contribution in [0.3, 0.4) is 0 Å². The minimum absolute atomic E-state index is 0. The van der Waals surface area contributed by atoms with E-state index in [0.29, 0.717) is 0 Å². The Morgan fingerprint density at radius 2 is 0.400 bits per heavy atom. The molecule has 0 amide bonds. The first-order valence-corrected chi connectivity index (χ1v) is 0. The SMILES string of the molecule is O.O.O.O.O.O.[Cl-].[Cl-].[Mg+2].[Na+]. The van der Waals surface area contributed by atoms with Crippen molar-refractivity contribution in [2.45, 2.75) is 0 Å². The zero-order valence-electron chi connectivity index (χ0n) is 5.46. The molecule has 0 radical (unpaired) electrons. The molecule has 64 valence electrons. The maximum atomic E-state index is 0. The average Bonchev–Trinajstić information content (AvgIpc) is 0. The van der Waals surface area contributed by atoms with Crippen molar-refractivity contribution >= 4 is 23.1 Å². The third kappa shape index (κ3) is 189. The van der Waals surface area contributed by atoms with Crippen molar-refractivity contribution in [1.29, 1.82) is 0 Å². The molecular weight excluding hydrogens is 214 g/mol. The molecule has 0 aromatic rings. The van der Waals surface area contributed by atoms with Gasteiger partial charge in [0.15, 0.2) is 0 Å². The summed E-state index contributed by atoms with van der Waals surface area (Å²) in [7, 11) is 0. The van der Waals surface area contributed by atoms with E-state index in [1.54, 1.807) is 0 Å². The predicted octanol–water partition coefficient (Wildman–Crippen LogP) is -14.3. The van der Waals surface area contributed by atoms with Crippen molar-refractivity contribution in [1.82, 2.24) is 0 Å². The maximum absolute atomic E-state index is 0. The van der Waals surface area contributed by atoms with Crippen LogP contribution >= 0.6 is 0 Å². The molecule has 0 spiro atoms. The van der Waals surface area contributed by atoms with Gasteiger partial charge in [-0.2, -0.15) is 0 Å². The van der Waals surface area contributed by atoms with E-state index in [1.165, 1.54) is 0 Å². The average molecular weight is 226 g/mol. The number of rotatable bonds is 0. The second-order valence-corrected chi connectivity index (χ2v) is 0. The zero-order valence-corrected chi connectivity index (χ0v) is 10.4. The van der Waals surface area contributed by atoms with Crippen molar-refractivity contribution in [2.75, 3.05) is 0 Å². The van der Waals surface area contributed by atoms with Gasteiger partial charge < -0.3 is 57.7 Å². The molecule has 0 aliphatic heterocycles. The van der Waals surface area contributed by atoms with Gasteiger partial charge in [0.1, 0.15) is 0 Å². The molecule has 0 saturated heterocycles. The van der Waals surface area contributed by atoms with Crippen molar-refractivity contribution in [3.63, 3.8) is 0 Å². The molecule has 0 aromatic heterocycles. The van der Waals surface area contributed by atoms with Crippen LogP contribution in [0.25, 0.3) is 0 Å². The van der Waals surface area contributed by atoms with Gasteiger partial charge in [0.05, 0.1) is 0 Å². The van der Waals surface area contributed by atoms with Crippen LogP contribution in [0.2, 0.25) is 0 Å². The standard InChI is InChI=1S/2ClH.Mg.Na.6H2O/h2*1H;;;6*1H2/q;;+2;+1;;;;;;/p-2. The van der Waals surface area contributed by atoms with Crippen LogP contribution in [0.15, 0.2) is 0 Å². The molecule has 0 unspecified atom stereocenters. The Kier molecular flexibility index (Phi) is 8610. The van der Waals surface area contributed by atoms with Gasteiger partial charge in [0.25, 0.3) is 0 Å². The molecule has 10 heavy (non-hydrogen) atoms. The van der Waals surface area contributed by atoms with E-state index >= 15 is 0 Å². The minimum Gasteiger partial charge on any atom is -1.00 e. The molecule has 0 aliphatic rings. The molecule has 12 N–H and O–H groups in total. The van der Waals surface area contributed by atoms with Gasteiger partial charge in [-0.05, 0) is 0 Å². The summed E-state index contributed by atoms with van der Waals surface area (Å²) >= 11 is 0. The van der Waals surface area contributed by atoms with Gasteiger partial charge in [-0.3, -0.25) is 0 Å². The second-order valence-electron chi connectivity index (χ2n) is 0. The van der Waals surface area contributed by atoms with E-state index in [2.05, 4.69) is 0 Å². The summed E-state index contributed by atoms with van der Waals surface area (Å²) in [5.74, 6) is 0. The Morgan fingerprint density at radius 3 is 0.400 bits per heavy atom. The molecule has 6 nitrogen and oxygen atoms in total. The van der Waals surface area contributed by atoms with Gasteiger partial charge in [0, 0.05) is 0 Å². The summed E-state index contributed by atoms with van der Waals surface area (Å²) in [5, 5.41) is 0. The summed E-state index contributed by atoms with van der Waals surface area (Å²) in [6.07, 6.45) is 0. The van der Waals surface area contributed by atoms with E-state index < -0.39 is 0 Å². The maximum Gasteiger partial charge on any atom is 2.00 e. The van der Waals surface area contributed by atoms with Crippen molar-refractivity contribution < 1.29 is 87.2 Å². The molecule has 0 rings (SSSR count). The first kappa shape index (κ1) is 337. The molecule has 10 heteroatoms. The Bertz CT molecular complexity index is 15.7. The zero-order chi connectivity index (χ0) is 0. The molecule has 0 atom stereocenters. The van der Waals surface area contributed by atoms with E-state index in [4.69, 9.17) is 0 Å². The monoisotopic (exact) mass is 225 g/mol. The van der Waals surface area contributed by atoms with Gasteiger partial charge in [0.2, 0.25) is 0 Å².